The zero-order chi connectivity index (χ0) is 14.5. The van der Waals surface area contributed by atoms with Gasteiger partial charge in [-0.2, -0.15) is 5.26 Å². The Labute approximate surface area is 117 Å². The first kappa shape index (κ1) is 13.8. The molecule has 1 aromatic carbocycles. The van der Waals surface area contributed by atoms with Gasteiger partial charge in [0.1, 0.15) is 0 Å². The van der Waals surface area contributed by atoms with E-state index in [0.29, 0.717) is 24.2 Å². The highest BCUT2D eigenvalue weighted by atomic mass is 16.2. The molecular weight excluding hydrogens is 254 g/mol. The predicted octanol–water partition coefficient (Wildman–Crippen LogP) is 1.44. The highest BCUT2D eigenvalue weighted by Gasteiger charge is 2.47. The predicted molar refractivity (Wildman–Crippen MR) is 74.6 cm³/mol. The molecule has 1 aliphatic rings. The Hall–Kier alpha value is -2.61. The molecule has 1 fully saturated rings. The Balaban J connectivity index is 1.86. The summed E-state index contributed by atoms with van der Waals surface area (Å²) in [7, 11) is 0. The van der Waals surface area contributed by atoms with Crippen molar-refractivity contribution < 1.29 is 9.59 Å². The molecule has 2 amide bonds. The van der Waals surface area contributed by atoms with E-state index in [2.05, 4.69) is 17.2 Å². The van der Waals surface area contributed by atoms with Gasteiger partial charge in [-0.1, -0.05) is 6.08 Å². The van der Waals surface area contributed by atoms with E-state index < -0.39 is 0 Å². The Kier molecular flexibility index (Phi) is 4.16. The first-order valence-electron chi connectivity index (χ1n) is 6.35. The van der Waals surface area contributed by atoms with Crippen molar-refractivity contribution >= 4 is 17.5 Å². The van der Waals surface area contributed by atoms with Crippen molar-refractivity contribution in [3.63, 3.8) is 0 Å². The van der Waals surface area contributed by atoms with Crippen LogP contribution in [-0.2, 0) is 9.59 Å². The standard InChI is InChI=1S/C15H15N3O2/c1-2-7-17-14(19)12-8-13(12)15(20)18-11-5-3-10(9-16)4-6-11/h2-6,12-13H,1,7-8H2,(H,17,19)(H,18,20). The summed E-state index contributed by atoms with van der Waals surface area (Å²) in [6.07, 6.45) is 2.18. The molecule has 0 aliphatic heterocycles. The van der Waals surface area contributed by atoms with Gasteiger partial charge >= 0.3 is 0 Å². The van der Waals surface area contributed by atoms with Gasteiger partial charge in [-0.15, -0.1) is 6.58 Å². The van der Waals surface area contributed by atoms with Crippen LogP contribution in [0.2, 0.25) is 0 Å². The molecule has 2 unspecified atom stereocenters. The van der Waals surface area contributed by atoms with Crippen molar-refractivity contribution in [3.05, 3.63) is 42.5 Å². The summed E-state index contributed by atoms with van der Waals surface area (Å²) in [5.41, 5.74) is 1.17. The molecule has 1 saturated carbocycles. The third kappa shape index (κ3) is 3.23. The smallest absolute Gasteiger partial charge is 0.228 e. The van der Waals surface area contributed by atoms with Gasteiger partial charge in [0.25, 0.3) is 0 Å². The normalized spacial score (nSPS) is 19.6. The number of anilines is 1. The lowest BCUT2D eigenvalue weighted by Gasteiger charge is -2.05. The van der Waals surface area contributed by atoms with E-state index in [1.165, 1.54) is 0 Å². The van der Waals surface area contributed by atoms with Crippen LogP contribution in [0.15, 0.2) is 36.9 Å². The van der Waals surface area contributed by atoms with Crippen molar-refractivity contribution in [2.24, 2.45) is 11.8 Å². The average molecular weight is 269 g/mol. The molecule has 0 saturated heterocycles. The van der Waals surface area contributed by atoms with Crippen molar-refractivity contribution in [1.29, 1.82) is 5.26 Å². The molecule has 2 rings (SSSR count). The topological polar surface area (TPSA) is 82.0 Å². The van der Waals surface area contributed by atoms with Gasteiger partial charge in [0, 0.05) is 12.2 Å². The fourth-order valence-corrected chi connectivity index (χ4v) is 1.94. The second kappa shape index (κ2) is 6.02. The van der Waals surface area contributed by atoms with Gasteiger partial charge in [0.15, 0.2) is 0 Å². The van der Waals surface area contributed by atoms with Gasteiger partial charge in [0.2, 0.25) is 11.8 Å². The zero-order valence-electron chi connectivity index (χ0n) is 10.9. The molecular formula is C15H15N3O2. The molecule has 0 bridgehead atoms. The number of rotatable bonds is 5. The first-order valence-corrected chi connectivity index (χ1v) is 6.35. The number of carbonyl (C=O) groups excluding carboxylic acids is 2. The van der Waals surface area contributed by atoms with Crippen LogP contribution in [0, 0.1) is 23.2 Å². The molecule has 1 aliphatic carbocycles. The molecule has 0 radical (unpaired) electrons. The zero-order valence-corrected chi connectivity index (χ0v) is 10.9. The Morgan fingerprint density at radius 1 is 1.30 bits per heavy atom. The highest BCUT2D eigenvalue weighted by molar-refractivity contribution is 5.99. The minimum Gasteiger partial charge on any atom is -0.352 e. The lowest BCUT2D eigenvalue weighted by Crippen LogP contribution is -2.27. The van der Waals surface area contributed by atoms with Crippen LogP contribution in [0.1, 0.15) is 12.0 Å². The van der Waals surface area contributed by atoms with E-state index >= 15 is 0 Å². The molecule has 0 aromatic heterocycles. The molecule has 0 spiro atoms. The fourth-order valence-electron chi connectivity index (χ4n) is 1.94. The summed E-state index contributed by atoms with van der Waals surface area (Å²) < 4.78 is 0. The van der Waals surface area contributed by atoms with E-state index in [1.807, 2.05) is 6.07 Å². The Bertz CT molecular complexity index is 572. The van der Waals surface area contributed by atoms with Gasteiger partial charge in [-0.3, -0.25) is 9.59 Å². The van der Waals surface area contributed by atoms with Crippen molar-refractivity contribution in [1.82, 2.24) is 5.32 Å². The first-order chi connectivity index (χ1) is 9.65. The van der Waals surface area contributed by atoms with Crippen LogP contribution in [0.25, 0.3) is 0 Å². The number of hydrogen-bond donors (Lipinski definition) is 2. The lowest BCUT2D eigenvalue weighted by atomic mass is 10.2. The van der Waals surface area contributed by atoms with Crippen LogP contribution in [0.3, 0.4) is 0 Å². The number of amides is 2. The molecule has 1 aromatic rings. The van der Waals surface area contributed by atoms with Crippen LogP contribution in [0.4, 0.5) is 5.69 Å². The number of nitriles is 1. The highest BCUT2D eigenvalue weighted by Crippen LogP contribution is 2.39. The summed E-state index contributed by atoms with van der Waals surface area (Å²) in [5.74, 6) is -0.776. The van der Waals surface area contributed by atoms with Crippen LogP contribution in [-0.4, -0.2) is 18.4 Å². The second-order valence-electron chi connectivity index (χ2n) is 4.66. The van der Waals surface area contributed by atoms with Crippen LogP contribution < -0.4 is 10.6 Å². The number of hydrogen-bond acceptors (Lipinski definition) is 3. The van der Waals surface area contributed by atoms with Crippen molar-refractivity contribution in [3.8, 4) is 6.07 Å². The maximum atomic E-state index is 11.9. The van der Waals surface area contributed by atoms with Crippen LogP contribution >= 0.6 is 0 Å². The molecule has 0 heterocycles. The van der Waals surface area contributed by atoms with E-state index in [-0.39, 0.29) is 23.7 Å². The monoisotopic (exact) mass is 269 g/mol. The SMILES string of the molecule is C=CCNC(=O)C1CC1C(=O)Nc1ccc(C#N)cc1. The Morgan fingerprint density at radius 2 is 1.95 bits per heavy atom. The number of nitrogens with zero attached hydrogens (tertiary/aromatic N) is 1. The van der Waals surface area contributed by atoms with E-state index in [4.69, 9.17) is 5.26 Å². The number of benzene rings is 1. The van der Waals surface area contributed by atoms with E-state index in [0.717, 1.165) is 0 Å². The number of carbonyl (C=O) groups is 2. The van der Waals surface area contributed by atoms with Crippen molar-refractivity contribution in [2.45, 2.75) is 6.42 Å². The minimum absolute atomic E-state index is 0.107. The molecule has 5 nitrogen and oxygen atoms in total. The third-order valence-electron chi connectivity index (χ3n) is 3.17. The van der Waals surface area contributed by atoms with Gasteiger partial charge < -0.3 is 10.6 Å². The minimum atomic E-state index is -0.268. The number of nitrogens with one attached hydrogen (secondary N) is 2. The largest absolute Gasteiger partial charge is 0.352 e. The molecule has 2 atom stereocenters. The van der Waals surface area contributed by atoms with Gasteiger partial charge in [-0.05, 0) is 30.7 Å². The Morgan fingerprint density at radius 3 is 2.55 bits per heavy atom. The summed E-state index contributed by atoms with van der Waals surface area (Å²) in [6.45, 7) is 3.94. The van der Waals surface area contributed by atoms with Gasteiger partial charge in [-0.25, -0.2) is 0 Å². The molecule has 2 N–H and O–H groups in total. The summed E-state index contributed by atoms with van der Waals surface area (Å²) in [4.78, 5) is 23.6. The third-order valence-corrected chi connectivity index (χ3v) is 3.17. The van der Waals surface area contributed by atoms with E-state index in [1.54, 1.807) is 30.3 Å². The maximum Gasteiger partial charge on any atom is 0.228 e. The quantitative estimate of drug-likeness (QED) is 0.793. The molecule has 20 heavy (non-hydrogen) atoms. The molecule has 5 heteroatoms. The summed E-state index contributed by atoms with van der Waals surface area (Å²) >= 11 is 0. The maximum absolute atomic E-state index is 11.9. The van der Waals surface area contributed by atoms with Gasteiger partial charge in [0.05, 0.1) is 23.5 Å². The molecule has 102 valence electrons. The van der Waals surface area contributed by atoms with Crippen molar-refractivity contribution in [2.75, 3.05) is 11.9 Å². The average Bonchev–Trinajstić information content (AvgIpc) is 3.26. The lowest BCUT2D eigenvalue weighted by molar-refractivity contribution is -0.125. The van der Waals surface area contributed by atoms with Crippen LogP contribution in [0.5, 0.6) is 0 Å². The fraction of sp³-hybridized carbons (Fsp3) is 0.267. The summed E-state index contributed by atoms with van der Waals surface area (Å²) in [6, 6.07) is 8.63. The van der Waals surface area contributed by atoms with E-state index in [9.17, 15) is 9.59 Å². The second-order valence-corrected chi connectivity index (χ2v) is 4.66. The summed E-state index contributed by atoms with van der Waals surface area (Å²) in [5, 5.41) is 14.1.